The van der Waals surface area contributed by atoms with E-state index in [0.717, 1.165) is 41.5 Å². The molecule has 7 heteroatoms. The number of benzene rings is 2. The highest BCUT2D eigenvalue weighted by molar-refractivity contribution is 9.10. The van der Waals surface area contributed by atoms with E-state index in [1.165, 1.54) is 0 Å². The zero-order chi connectivity index (χ0) is 19.8. The number of carbonyl (C=O) groups is 1. The molecule has 6 nitrogen and oxygen atoms in total. The van der Waals surface area contributed by atoms with Gasteiger partial charge < -0.3 is 19.5 Å². The van der Waals surface area contributed by atoms with Gasteiger partial charge in [-0.3, -0.25) is 4.79 Å². The maximum absolute atomic E-state index is 10.6. The van der Waals surface area contributed by atoms with Crippen LogP contribution in [0.2, 0.25) is 0 Å². The molecule has 0 aromatic heterocycles. The van der Waals surface area contributed by atoms with E-state index in [1.54, 1.807) is 18.2 Å². The smallest absolute Gasteiger partial charge is 0.207 e. The lowest BCUT2D eigenvalue weighted by atomic mass is 10.1. The predicted molar refractivity (Wildman–Crippen MR) is 107 cm³/mol. The standard InChI is InChI=1S/C21H21BrN2O4/c22-19-6-5-18(10-17(19)13-27-21-3-1-2-8-26-21)28-20-7-4-15(11-23)9-16(20)12-24-14-25/h4-7,9-10,14,21H,1-3,8,12-13H2,(H,24,25). The van der Waals surface area contributed by atoms with Crippen LogP contribution in [0.4, 0.5) is 0 Å². The van der Waals surface area contributed by atoms with Crippen LogP contribution in [0.3, 0.4) is 0 Å². The average molecular weight is 445 g/mol. The van der Waals surface area contributed by atoms with Crippen LogP contribution in [-0.2, 0) is 27.4 Å². The number of rotatable bonds is 8. The number of carbonyl (C=O) groups excluding carboxylic acids is 1. The van der Waals surface area contributed by atoms with Gasteiger partial charge in [0.25, 0.3) is 0 Å². The number of amides is 1. The fourth-order valence-electron chi connectivity index (χ4n) is 2.92. The zero-order valence-corrected chi connectivity index (χ0v) is 16.9. The molecule has 28 heavy (non-hydrogen) atoms. The van der Waals surface area contributed by atoms with Crippen molar-refractivity contribution in [1.82, 2.24) is 5.32 Å². The van der Waals surface area contributed by atoms with Crippen LogP contribution in [0.15, 0.2) is 40.9 Å². The van der Waals surface area contributed by atoms with Crippen molar-refractivity contribution in [3.05, 3.63) is 57.6 Å². The van der Waals surface area contributed by atoms with Gasteiger partial charge in [-0.15, -0.1) is 0 Å². The highest BCUT2D eigenvalue weighted by Crippen LogP contribution is 2.30. The molecule has 1 heterocycles. The van der Waals surface area contributed by atoms with Gasteiger partial charge in [0.1, 0.15) is 11.5 Å². The maximum atomic E-state index is 10.6. The zero-order valence-electron chi connectivity index (χ0n) is 15.3. The van der Waals surface area contributed by atoms with Gasteiger partial charge in [0, 0.05) is 23.2 Å². The maximum Gasteiger partial charge on any atom is 0.207 e. The van der Waals surface area contributed by atoms with E-state index < -0.39 is 0 Å². The lowest BCUT2D eigenvalue weighted by Gasteiger charge is -2.23. The molecule has 1 N–H and O–H groups in total. The number of ether oxygens (including phenoxy) is 3. The van der Waals surface area contributed by atoms with E-state index in [4.69, 9.17) is 19.5 Å². The van der Waals surface area contributed by atoms with E-state index >= 15 is 0 Å². The highest BCUT2D eigenvalue weighted by atomic mass is 79.9. The van der Waals surface area contributed by atoms with Crippen LogP contribution in [-0.4, -0.2) is 19.3 Å². The Morgan fingerprint density at radius 2 is 2.14 bits per heavy atom. The van der Waals surface area contributed by atoms with Crippen LogP contribution in [0.25, 0.3) is 0 Å². The molecule has 2 aromatic rings. The second kappa shape index (κ2) is 10.2. The number of nitrogens with one attached hydrogen (secondary N) is 1. The first kappa shape index (κ1) is 20.3. The van der Waals surface area contributed by atoms with Crippen molar-refractivity contribution in [3.63, 3.8) is 0 Å². The molecular formula is C21H21BrN2O4. The Hall–Kier alpha value is -2.40. The van der Waals surface area contributed by atoms with E-state index in [0.29, 0.717) is 30.1 Å². The van der Waals surface area contributed by atoms with Crippen molar-refractivity contribution in [3.8, 4) is 17.6 Å². The second-order valence-corrected chi connectivity index (χ2v) is 7.25. The van der Waals surface area contributed by atoms with Gasteiger partial charge in [0.15, 0.2) is 6.29 Å². The molecule has 0 aliphatic carbocycles. The molecule has 0 radical (unpaired) electrons. The summed E-state index contributed by atoms with van der Waals surface area (Å²) >= 11 is 3.55. The molecular weight excluding hydrogens is 424 g/mol. The Morgan fingerprint density at radius 1 is 1.25 bits per heavy atom. The summed E-state index contributed by atoms with van der Waals surface area (Å²) in [7, 11) is 0. The topological polar surface area (TPSA) is 80.6 Å². The van der Waals surface area contributed by atoms with Crippen LogP contribution in [0.5, 0.6) is 11.5 Å². The molecule has 1 amide bonds. The Bertz CT molecular complexity index is 860. The van der Waals surface area contributed by atoms with Crippen molar-refractivity contribution in [2.45, 2.75) is 38.7 Å². The lowest BCUT2D eigenvalue weighted by Crippen LogP contribution is -2.22. The molecule has 146 valence electrons. The number of nitriles is 1. The van der Waals surface area contributed by atoms with Crippen molar-refractivity contribution >= 4 is 22.3 Å². The van der Waals surface area contributed by atoms with Crippen molar-refractivity contribution < 1.29 is 19.0 Å². The summed E-state index contributed by atoms with van der Waals surface area (Å²) in [4.78, 5) is 10.6. The van der Waals surface area contributed by atoms with Crippen molar-refractivity contribution in [1.29, 1.82) is 5.26 Å². The van der Waals surface area contributed by atoms with Gasteiger partial charge in [-0.2, -0.15) is 5.26 Å². The summed E-state index contributed by atoms with van der Waals surface area (Å²) in [5.41, 5.74) is 2.18. The summed E-state index contributed by atoms with van der Waals surface area (Å²) in [5, 5.41) is 11.7. The molecule has 0 spiro atoms. The van der Waals surface area contributed by atoms with Crippen LogP contribution >= 0.6 is 15.9 Å². The Morgan fingerprint density at radius 3 is 2.89 bits per heavy atom. The Labute approximate surface area is 172 Å². The van der Waals surface area contributed by atoms with Crippen molar-refractivity contribution in [2.24, 2.45) is 0 Å². The van der Waals surface area contributed by atoms with E-state index in [-0.39, 0.29) is 12.8 Å². The van der Waals surface area contributed by atoms with Gasteiger partial charge in [-0.05, 0) is 61.2 Å². The normalized spacial score (nSPS) is 16.2. The first-order valence-corrected chi connectivity index (χ1v) is 9.88. The molecule has 0 saturated carbocycles. The molecule has 1 saturated heterocycles. The minimum Gasteiger partial charge on any atom is -0.457 e. The second-order valence-electron chi connectivity index (χ2n) is 6.40. The lowest BCUT2D eigenvalue weighted by molar-refractivity contribution is -0.169. The molecule has 1 aliphatic heterocycles. The molecule has 0 bridgehead atoms. The van der Waals surface area contributed by atoms with Gasteiger partial charge in [0.2, 0.25) is 6.41 Å². The Balaban J connectivity index is 1.73. The monoisotopic (exact) mass is 444 g/mol. The van der Waals surface area contributed by atoms with E-state index in [2.05, 4.69) is 27.3 Å². The SMILES string of the molecule is N#Cc1ccc(Oc2ccc(Br)c(COC3CCCCO3)c2)c(CNC=O)c1. The summed E-state index contributed by atoms with van der Waals surface area (Å²) in [5.74, 6) is 1.22. The molecule has 1 atom stereocenters. The molecule has 1 fully saturated rings. The molecule has 1 unspecified atom stereocenters. The van der Waals surface area contributed by atoms with Gasteiger partial charge >= 0.3 is 0 Å². The van der Waals surface area contributed by atoms with Crippen molar-refractivity contribution in [2.75, 3.05) is 6.61 Å². The van der Waals surface area contributed by atoms with Crippen LogP contribution < -0.4 is 10.1 Å². The molecule has 2 aromatic carbocycles. The van der Waals surface area contributed by atoms with Gasteiger partial charge in [0.05, 0.1) is 18.2 Å². The number of hydrogen-bond donors (Lipinski definition) is 1. The first-order valence-electron chi connectivity index (χ1n) is 9.09. The largest absolute Gasteiger partial charge is 0.457 e. The summed E-state index contributed by atoms with van der Waals surface area (Å²) in [6.45, 7) is 1.43. The van der Waals surface area contributed by atoms with Crippen LogP contribution in [0.1, 0.15) is 36.0 Å². The number of nitrogens with zero attached hydrogens (tertiary/aromatic N) is 1. The fourth-order valence-corrected chi connectivity index (χ4v) is 3.28. The van der Waals surface area contributed by atoms with Gasteiger partial charge in [-0.25, -0.2) is 0 Å². The first-order chi connectivity index (χ1) is 13.7. The number of hydrogen-bond acceptors (Lipinski definition) is 5. The minimum absolute atomic E-state index is 0.162. The minimum atomic E-state index is -0.162. The molecule has 1 aliphatic rings. The van der Waals surface area contributed by atoms with Gasteiger partial charge in [-0.1, -0.05) is 15.9 Å². The number of halogens is 1. The highest BCUT2D eigenvalue weighted by Gasteiger charge is 2.15. The average Bonchev–Trinajstić information content (AvgIpc) is 2.74. The third kappa shape index (κ3) is 5.55. The summed E-state index contributed by atoms with van der Waals surface area (Å²) in [6, 6.07) is 12.9. The predicted octanol–water partition coefficient (Wildman–Crippen LogP) is 4.40. The molecule has 3 rings (SSSR count). The summed E-state index contributed by atoms with van der Waals surface area (Å²) in [6.07, 6.45) is 3.56. The third-order valence-corrected chi connectivity index (χ3v) is 5.15. The fraction of sp³-hybridized carbons (Fsp3) is 0.333. The quantitative estimate of drug-likeness (QED) is 0.610. The van der Waals surface area contributed by atoms with E-state index in [9.17, 15) is 4.79 Å². The third-order valence-electron chi connectivity index (χ3n) is 4.37. The summed E-state index contributed by atoms with van der Waals surface area (Å²) < 4.78 is 18.4. The van der Waals surface area contributed by atoms with Crippen LogP contribution in [0, 0.1) is 11.3 Å². The van der Waals surface area contributed by atoms with E-state index in [1.807, 2.05) is 18.2 Å². The Kier molecular flexibility index (Phi) is 7.43.